The Balaban J connectivity index is 2.31. The zero-order valence-corrected chi connectivity index (χ0v) is 17.4. The summed E-state index contributed by atoms with van der Waals surface area (Å²) in [6, 6.07) is 2.90. The maximum atomic E-state index is 12.9. The van der Waals surface area contributed by atoms with Crippen LogP contribution in [0.5, 0.6) is 5.75 Å². The van der Waals surface area contributed by atoms with Gasteiger partial charge in [0.05, 0.1) is 13.7 Å². The van der Waals surface area contributed by atoms with Crippen molar-refractivity contribution < 1.29 is 19.1 Å². The van der Waals surface area contributed by atoms with Crippen LogP contribution in [0, 0.1) is 0 Å². The summed E-state index contributed by atoms with van der Waals surface area (Å²) in [6.07, 6.45) is 0.442. The molecular formula is C20H28N2O4S. The topological polar surface area (TPSA) is 89.7 Å². The van der Waals surface area contributed by atoms with Gasteiger partial charge >= 0.3 is 0 Å². The predicted octanol–water partition coefficient (Wildman–Crippen LogP) is 2.91. The van der Waals surface area contributed by atoms with E-state index in [0.717, 1.165) is 16.9 Å². The van der Waals surface area contributed by atoms with Crippen LogP contribution in [0.3, 0.4) is 0 Å². The minimum atomic E-state index is -0.800. The monoisotopic (exact) mass is 392 g/mol. The van der Waals surface area contributed by atoms with Gasteiger partial charge in [0.15, 0.2) is 0 Å². The lowest BCUT2D eigenvalue weighted by Gasteiger charge is -2.24. The maximum Gasteiger partial charge on any atom is 0.255 e. The molecule has 148 valence electrons. The molecule has 2 N–H and O–H groups in total. The average molecular weight is 393 g/mol. The van der Waals surface area contributed by atoms with E-state index < -0.39 is 11.9 Å². The zero-order valence-electron chi connectivity index (χ0n) is 16.6. The highest BCUT2D eigenvalue weighted by Crippen LogP contribution is 2.38. The van der Waals surface area contributed by atoms with Gasteiger partial charge in [0, 0.05) is 33.6 Å². The third-order valence-electron chi connectivity index (χ3n) is 4.50. The lowest BCUT2D eigenvalue weighted by atomic mass is 10.1. The Morgan fingerprint density at radius 3 is 2.52 bits per heavy atom. The Bertz CT molecular complexity index is 755. The minimum absolute atomic E-state index is 0.0375. The summed E-state index contributed by atoms with van der Waals surface area (Å²) >= 11 is 1.80. The first-order valence-corrected chi connectivity index (χ1v) is 9.96. The summed E-state index contributed by atoms with van der Waals surface area (Å²) in [4.78, 5) is 37.5. The Hall–Kier alpha value is -2.02. The molecule has 1 aliphatic rings. The van der Waals surface area contributed by atoms with Gasteiger partial charge < -0.3 is 20.2 Å². The molecular weight excluding hydrogens is 364 g/mol. The van der Waals surface area contributed by atoms with Crippen molar-refractivity contribution in [3.8, 4) is 5.75 Å². The van der Waals surface area contributed by atoms with Gasteiger partial charge in [-0.1, -0.05) is 26.8 Å². The number of ketones is 1. The molecule has 2 rings (SSSR count). The first-order chi connectivity index (χ1) is 12.5. The van der Waals surface area contributed by atoms with Crippen molar-refractivity contribution >= 4 is 29.4 Å². The van der Waals surface area contributed by atoms with E-state index in [-0.39, 0.29) is 35.8 Å². The van der Waals surface area contributed by atoms with E-state index in [2.05, 4.69) is 20.8 Å². The SMILES string of the molecule is COc1c(CSC(C)(C)C)ccc2c1CN(C(CCC(C)=O)C(N)=O)C2=O. The van der Waals surface area contributed by atoms with Gasteiger partial charge in [0.2, 0.25) is 5.91 Å². The van der Waals surface area contributed by atoms with Crippen molar-refractivity contribution in [1.29, 1.82) is 0 Å². The average Bonchev–Trinajstić information content (AvgIpc) is 2.88. The fraction of sp³-hybridized carbons (Fsp3) is 0.550. The molecule has 6 nitrogen and oxygen atoms in total. The van der Waals surface area contributed by atoms with Crippen LogP contribution in [0.2, 0.25) is 0 Å². The molecule has 2 amide bonds. The van der Waals surface area contributed by atoms with Crippen LogP contribution in [-0.2, 0) is 21.9 Å². The van der Waals surface area contributed by atoms with Gasteiger partial charge in [-0.2, -0.15) is 11.8 Å². The Kier molecular flexibility index (Phi) is 6.57. The van der Waals surface area contributed by atoms with Crippen LogP contribution < -0.4 is 10.5 Å². The molecule has 1 aliphatic heterocycles. The van der Waals surface area contributed by atoms with Crippen molar-refractivity contribution in [2.45, 2.75) is 63.6 Å². The summed E-state index contributed by atoms with van der Waals surface area (Å²) in [7, 11) is 1.59. The number of benzene rings is 1. The Morgan fingerprint density at radius 1 is 1.33 bits per heavy atom. The van der Waals surface area contributed by atoms with Gasteiger partial charge in [-0.15, -0.1) is 0 Å². The number of carbonyl (C=O) groups excluding carboxylic acids is 3. The van der Waals surface area contributed by atoms with Crippen molar-refractivity contribution in [3.63, 3.8) is 0 Å². The molecule has 1 aromatic carbocycles. The molecule has 1 heterocycles. The van der Waals surface area contributed by atoms with E-state index >= 15 is 0 Å². The summed E-state index contributed by atoms with van der Waals surface area (Å²) in [5.74, 6) is 0.572. The van der Waals surface area contributed by atoms with Gasteiger partial charge in [-0.3, -0.25) is 9.59 Å². The van der Waals surface area contributed by atoms with E-state index in [9.17, 15) is 14.4 Å². The van der Waals surface area contributed by atoms with Gasteiger partial charge in [0.25, 0.3) is 5.91 Å². The summed E-state index contributed by atoms with van der Waals surface area (Å²) in [6.45, 7) is 8.16. The summed E-state index contributed by atoms with van der Waals surface area (Å²) in [5, 5.41) is 0. The highest BCUT2D eigenvalue weighted by Gasteiger charge is 2.37. The third kappa shape index (κ3) is 5.03. The van der Waals surface area contributed by atoms with E-state index in [4.69, 9.17) is 10.5 Å². The molecule has 0 saturated heterocycles. The lowest BCUT2D eigenvalue weighted by Crippen LogP contribution is -2.45. The molecule has 0 fully saturated rings. The number of hydrogen-bond acceptors (Lipinski definition) is 5. The number of carbonyl (C=O) groups is 3. The summed E-state index contributed by atoms with van der Waals surface area (Å²) < 4.78 is 5.73. The van der Waals surface area contributed by atoms with E-state index in [1.54, 1.807) is 24.9 Å². The molecule has 0 bridgehead atoms. The fourth-order valence-electron chi connectivity index (χ4n) is 3.14. The number of thioether (sulfide) groups is 1. The number of rotatable bonds is 8. The lowest BCUT2D eigenvalue weighted by molar-refractivity contribution is -0.123. The second-order valence-corrected chi connectivity index (χ2v) is 9.58. The Morgan fingerprint density at radius 2 is 2.00 bits per heavy atom. The first-order valence-electron chi connectivity index (χ1n) is 8.97. The first kappa shape index (κ1) is 21.3. The molecule has 1 aromatic rings. The smallest absolute Gasteiger partial charge is 0.255 e. The predicted molar refractivity (Wildman–Crippen MR) is 107 cm³/mol. The van der Waals surface area contributed by atoms with Crippen LogP contribution in [0.25, 0.3) is 0 Å². The van der Waals surface area contributed by atoms with E-state index in [1.807, 2.05) is 6.07 Å². The van der Waals surface area contributed by atoms with E-state index in [0.29, 0.717) is 11.3 Å². The van der Waals surface area contributed by atoms with Crippen molar-refractivity contribution in [2.24, 2.45) is 5.73 Å². The second-order valence-electron chi connectivity index (χ2n) is 7.78. The largest absolute Gasteiger partial charge is 0.496 e. The van der Waals surface area contributed by atoms with Crippen LogP contribution >= 0.6 is 11.8 Å². The molecule has 0 spiro atoms. The number of Topliss-reactive ketones (excluding diaryl/α,β-unsaturated/α-hetero) is 1. The van der Waals surface area contributed by atoms with Gasteiger partial charge in [-0.25, -0.2) is 0 Å². The van der Waals surface area contributed by atoms with Gasteiger partial charge in [0.1, 0.15) is 17.6 Å². The number of ether oxygens (including phenoxy) is 1. The molecule has 0 saturated carbocycles. The highest BCUT2D eigenvalue weighted by atomic mass is 32.2. The number of fused-ring (bicyclic) bond motifs is 1. The van der Waals surface area contributed by atoms with Crippen molar-refractivity contribution in [3.05, 3.63) is 28.8 Å². The van der Waals surface area contributed by atoms with Crippen molar-refractivity contribution in [1.82, 2.24) is 4.90 Å². The fourth-order valence-corrected chi connectivity index (χ4v) is 3.95. The molecule has 0 radical (unpaired) electrons. The van der Waals surface area contributed by atoms with Crippen LogP contribution in [0.1, 0.15) is 62.0 Å². The molecule has 7 heteroatoms. The third-order valence-corrected chi connectivity index (χ3v) is 5.82. The number of amides is 2. The van der Waals surface area contributed by atoms with Crippen LogP contribution in [0.4, 0.5) is 0 Å². The Labute approximate surface area is 164 Å². The maximum absolute atomic E-state index is 12.9. The minimum Gasteiger partial charge on any atom is -0.496 e. The number of hydrogen-bond donors (Lipinski definition) is 1. The molecule has 0 aromatic heterocycles. The normalized spacial score (nSPS) is 14.9. The summed E-state index contributed by atoms with van der Waals surface area (Å²) in [5.41, 5.74) is 7.85. The number of nitrogens with zero attached hydrogens (tertiary/aromatic N) is 1. The second kappa shape index (κ2) is 8.33. The van der Waals surface area contributed by atoms with E-state index in [1.165, 1.54) is 11.8 Å². The molecule has 0 aliphatic carbocycles. The van der Waals surface area contributed by atoms with Crippen LogP contribution in [-0.4, -0.2) is 40.4 Å². The highest BCUT2D eigenvalue weighted by molar-refractivity contribution is 7.99. The number of primary amides is 1. The molecule has 1 atom stereocenters. The zero-order chi connectivity index (χ0) is 20.4. The van der Waals surface area contributed by atoms with Gasteiger partial charge in [-0.05, 0) is 19.4 Å². The van der Waals surface area contributed by atoms with Crippen LogP contribution in [0.15, 0.2) is 12.1 Å². The molecule has 1 unspecified atom stereocenters. The standard InChI is InChI=1S/C20H28N2O4S/c1-12(23)6-9-16(18(21)24)22-10-15-14(19(22)25)8-7-13(17(15)26-5)11-27-20(2,3)4/h7-8,16H,6,9-11H2,1-5H3,(H2,21,24). The quantitative estimate of drug-likeness (QED) is 0.735. The number of nitrogens with two attached hydrogens (primary N) is 1. The molecule has 27 heavy (non-hydrogen) atoms. The number of methoxy groups -OCH3 is 1. The van der Waals surface area contributed by atoms with Crippen molar-refractivity contribution in [2.75, 3.05) is 7.11 Å².